The van der Waals surface area contributed by atoms with Crippen LogP contribution in [0.5, 0.6) is 0 Å². The van der Waals surface area contributed by atoms with Gasteiger partial charge in [-0.05, 0) is 19.3 Å². The summed E-state index contributed by atoms with van der Waals surface area (Å²) in [4.78, 5) is 22.2. The van der Waals surface area contributed by atoms with Crippen molar-refractivity contribution in [2.45, 2.75) is 44.3 Å². The zero-order valence-electron chi connectivity index (χ0n) is 9.74. The highest BCUT2D eigenvalue weighted by molar-refractivity contribution is 5.90. The minimum absolute atomic E-state index is 0.0460. The fraction of sp³-hybridized carbons (Fsp3) is 0.538. The van der Waals surface area contributed by atoms with Gasteiger partial charge in [0.15, 0.2) is 0 Å². The molecular formula is C13H16O4. The summed E-state index contributed by atoms with van der Waals surface area (Å²) in [5, 5.41) is 0. The van der Waals surface area contributed by atoms with Crippen LogP contribution in [0.2, 0.25) is 0 Å². The van der Waals surface area contributed by atoms with Crippen LogP contribution in [0.4, 0.5) is 0 Å². The lowest BCUT2D eigenvalue weighted by molar-refractivity contribution is -0.139. The van der Waals surface area contributed by atoms with Crippen molar-refractivity contribution in [1.29, 1.82) is 0 Å². The summed E-state index contributed by atoms with van der Waals surface area (Å²) < 4.78 is 10.2. The molecule has 2 saturated heterocycles. The van der Waals surface area contributed by atoms with Crippen molar-refractivity contribution in [2.24, 2.45) is 0 Å². The molecule has 0 radical (unpaired) electrons. The van der Waals surface area contributed by atoms with Crippen LogP contribution < -0.4 is 0 Å². The second kappa shape index (κ2) is 4.73. The van der Waals surface area contributed by atoms with Crippen LogP contribution in [0.1, 0.15) is 32.1 Å². The van der Waals surface area contributed by atoms with Crippen molar-refractivity contribution in [2.75, 3.05) is 0 Å². The minimum Gasteiger partial charge on any atom is -0.459 e. The van der Waals surface area contributed by atoms with E-state index in [1.807, 2.05) is 0 Å². The zero-order valence-corrected chi connectivity index (χ0v) is 9.74. The standard InChI is InChI=1S/C13H16O4/c1-8-6-10(16-12(8)14)4-3-5-11-7-9(2)13(15)17-11/h10-11H,1-7H2/t10-,11+. The van der Waals surface area contributed by atoms with E-state index in [1.165, 1.54) is 0 Å². The summed E-state index contributed by atoms with van der Waals surface area (Å²) in [6, 6.07) is 0. The van der Waals surface area contributed by atoms with E-state index in [4.69, 9.17) is 9.47 Å². The molecule has 2 fully saturated rings. The topological polar surface area (TPSA) is 52.6 Å². The SMILES string of the molecule is C=C1C[C@@H](CCC[C@H]2CC(=C)C(=O)O2)OC1=O. The number of rotatable bonds is 4. The van der Waals surface area contributed by atoms with E-state index in [-0.39, 0.29) is 24.1 Å². The normalized spacial score (nSPS) is 28.5. The number of cyclic esters (lactones) is 2. The maximum atomic E-state index is 11.1. The molecule has 0 aliphatic carbocycles. The Balaban J connectivity index is 1.67. The molecule has 2 heterocycles. The molecule has 0 amide bonds. The average Bonchev–Trinajstić information content (AvgIpc) is 2.73. The van der Waals surface area contributed by atoms with E-state index in [2.05, 4.69) is 13.2 Å². The van der Waals surface area contributed by atoms with E-state index in [0.717, 1.165) is 19.3 Å². The third-order valence-electron chi connectivity index (χ3n) is 3.13. The Hall–Kier alpha value is -1.58. The summed E-state index contributed by atoms with van der Waals surface area (Å²) in [7, 11) is 0. The maximum absolute atomic E-state index is 11.1. The highest BCUT2D eigenvalue weighted by Crippen LogP contribution is 2.26. The molecule has 92 valence electrons. The molecule has 0 aromatic heterocycles. The first-order valence-electron chi connectivity index (χ1n) is 5.84. The molecule has 2 atom stereocenters. The summed E-state index contributed by atoms with van der Waals surface area (Å²) in [5.41, 5.74) is 1.10. The summed E-state index contributed by atoms with van der Waals surface area (Å²) in [6.45, 7) is 7.27. The van der Waals surface area contributed by atoms with Crippen molar-refractivity contribution in [3.63, 3.8) is 0 Å². The van der Waals surface area contributed by atoms with E-state index < -0.39 is 0 Å². The van der Waals surface area contributed by atoms with Crippen LogP contribution in [0.15, 0.2) is 24.3 Å². The largest absolute Gasteiger partial charge is 0.459 e. The van der Waals surface area contributed by atoms with Gasteiger partial charge in [0.2, 0.25) is 0 Å². The summed E-state index contributed by atoms with van der Waals surface area (Å²) in [5.74, 6) is -0.564. The van der Waals surface area contributed by atoms with E-state index in [0.29, 0.717) is 24.0 Å². The van der Waals surface area contributed by atoms with Gasteiger partial charge in [0.05, 0.1) is 0 Å². The molecule has 0 saturated carbocycles. The number of carbonyl (C=O) groups is 2. The van der Waals surface area contributed by atoms with Gasteiger partial charge in [0.1, 0.15) is 12.2 Å². The zero-order chi connectivity index (χ0) is 12.4. The lowest BCUT2D eigenvalue weighted by Gasteiger charge is -2.11. The van der Waals surface area contributed by atoms with Crippen molar-refractivity contribution in [3.8, 4) is 0 Å². The summed E-state index contributed by atoms with van der Waals surface area (Å²) >= 11 is 0. The van der Waals surface area contributed by atoms with Crippen LogP contribution in [-0.4, -0.2) is 24.1 Å². The first-order chi connectivity index (χ1) is 8.06. The lowest BCUT2D eigenvalue weighted by Crippen LogP contribution is -2.10. The van der Waals surface area contributed by atoms with Gasteiger partial charge in [-0.15, -0.1) is 0 Å². The van der Waals surface area contributed by atoms with Crippen LogP contribution in [0.3, 0.4) is 0 Å². The Morgan fingerprint density at radius 2 is 1.35 bits per heavy atom. The molecular weight excluding hydrogens is 220 g/mol. The van der Waals surface area contributed by atoms with Gasteiger partial charge >= 0.3 is 11.9 Å². The molecule has 4 heteroatoms. The maximum Gasteiger partial charge on any atom is 0.333 e. The Morgan fingerprint density at radius 1 is 0.941 bits per heavy atom. The van der Waals surface area contributed by atoms with Gasteiger partial charge in [-0.25, -0.2) is 9.59 Å². The molecule has 0 spiro atoms. The van der Waals surface area contributed by atoms with Gasteiger partial charge in [0, 0.05) is 24.0 Å². The van der Waals surface area contributed by atoms with E-state index in [9.17, 15) is 9.59 Å². The van der Waals surface area contributed by atoms with Gasteiger partial charge < -0.3 is 9.47 Å². The molecule has 17 heavy (non-hydrogen) atoms. The fourth-order valence-electron chi connectivity index (χ4n) is 2.16. The number of hydrogen-bond donors (Lipinski definition) is 0. The van der Waals surface area contributed by atoms with Crippen LogP contribution >= 0.6 is 0 Å². The van der Waals surface area contributed by atoms with Crippen molar-refractivity contribution in [1.82, 2.24) is 0 Å². The second-order valence-electron chi connectivity index (χ2n) is 4.60. The molecule has 0 bridgehead atoms. The third-order valence-corrected chi connectivity index (χ3v) is 3.13. The van der Waals surface area contributed by atoms with Gasteiger partial charge in [-0.1, -0.05) is 13.2 Å². The molecule has 2 aliphatic heterocycles. The number of hydrogen-bond acceptors (Lipinski definition) is 4. The van der Waals surface area contributed by atoms with Crippen molar-refractivity contribution in [3.05, 3.63) is 24.3 Å². The predicted octanol–water partition coefficient (Wildman–Crippen LogP) is 1.90. The Kier molecular flexibility index (Phi) is 3.31. The number of carbonyl (C=O) groups excluding carboxylic acids is 2. The van der Waals surface area contributed by atoms with Crippen LogP contribution in [0, 0.1) is 0 Å². The Morgan fingerprint density at radius 3 is 1.65 bits per heavy atom. The molecule has 0 aromatic carbocycles. The molecule has 0 N–H and O–H groups in total. The molecule has 4 nitrogen and oxygen atoms in total. The third kappa shape index (κ3) is 2.75. The summed E-state index contributed by atoms with van der Waals surface area (Å²) in [6.07, 6.45) is 3.62. The monoisotopic (exact) mass is 236 g/mol. The minimum atomic E-state index is -0.282. The van der Waals surface area contributed by atoms with Gasteiger partial charge in [0.25, 0.3) is 0 Å². The van der Waals surface area contributed by atoms with Crippen molar-refractivity contribution >= 4 is 11.9 Å². The first-order valence-corrected chi connectivity index (χ1v) is 5.84. The quantitative estimate of drug-likeness (QED) is 0.552. The highest BCUT2D eigenvalue weighted by Gasteiger charge is 2.29. The number of ether oxygens (including phenoxy) is 2. The molecule has 2 rings (SSSR count). The second-order valence-corrected chi connectivity index (χ2v) is 4.60. The Labute approximate surface area is 100 Å². The predicted molar refractivity (Wildman–Crippen MR) is 61.1 cm³/mol. The fourth-order valence-corrected chi connectivity index (χ4v) is 2.16. The lowest BCUT2D eigenvalue weighted by atomic mass is 10.0. The first kappa shape index (κ1) is 11.9. The average molecular weight is 236 g/mol. The van der Waals surface area contributed by atoms with E-state index >= 15 is 0 Å². The van der Waals surface area contributed by atoms with Crippen LogP contribution in [0.25, 0.3) is 0 Å². The van der Waals surface area contributed by atoms with E-state index in [1.54, 1.807) is 0 Å². The van der Waals surface area contributed by atoms with Gasteiger partial charge in [-0.2, -0.15) is 0 Å². The van der Waals surface area contributed by atoms with Gasteiger partial charge in [-0.3, -0.25) is 0 Å². The van der Waals surface area contributed by atoms with Crippen LogP contribution in [-0.2, 0) is 19.1 Å². The smallest absolute Gasteiger partial charge is 0.333 e. The number of esters is 2. The molecule has 0 aromatic rings. The van der Waals surface area contributed by atoms with Crippen molar-refractivity contribution < 1.29 is 19.1 Å². The highest BCUT2D eigenvalue weighted by atomic mass is 16.6. The Bertz CT molecular complexity index is 315. The molecule has 0 unspecified atom stereocenters. The molecule has 2 aliphatic rings.